The SMILES string of the molecule is CCCC#CCOCC[C@@H]1[C@H](CCCCCCC(=O)O)[C@@H]2CC[C@H]1O2. The van der Waals surface area contributed by atoms with Crippen LogP contribution < -0.4 is 0 Å². The van der Waals surface area contributed by atoms with Crippen molar-refractivity contribution in [2.45, 2.75) is 89.8 Å². The monoisotopic (exact) mass is 350 g/mol. The maximum Gasteiger partial charge on any atom is 0.303 e. The zero-order chi connectivity index (χ0) is 17.9. The van der Waals surface area contributed by atoms with Crippen molar-refractivity contribution < 1.29 is 19.4 Å². The van der Waals surface area contributed by atoms with E-state index in [-0.39, 0.29) is 0 Å². The first-order chi connectivity index (χ1) is 12.2. The molecule has 0 unspecified atom stereocenters. The number of carboxylic acids is 1. The number of hydrogen-bond donors (Lipinski definition) is 1. The number of carboxylic acid groups (broad SMARTS) is 1. The van der Waals surface area contributed by atoms with Crippen molar-refractivity contribution in [1.29, 1.82) is 0 Å². The minimum absolute atomic E-state index is 0.304. The van der Waals surface area contributed by atoms with E-state index in [9.17, 15) is 4.79 Å². The van der Waals surface area contributed by atoms with E-state index < -0.39 is 5.97 Å². The minimum Gasteiger partial charge on any atom is -0.481 e. The fraction of sp³-hybridized carbons (Fsp3) is 0.857. The van der Waals surface area contributed by atoms with Crippen LogP contribution in [0.2, 0.25) is 0 Å². The Morgan fingerprint density at radius 1 is 1.08 bits per heavy atom. The molecule has 25 heavy (non-hydrogen) atoms. The van der Waals surface area contributed by atoms with Gasteiger partial charge in [0.25, 0.3) is 0 Å². The fourth-order valence-corrected chi connectivity index (χ4v) is 4.29. The second kappa shape index (κ2) is 11.5. The highest BCUT2D eigenvalue weighted by molar-refractivity contribution is 5.66. The maximum atomic E-state index is 10.5. The van der Waals surface area contributed by atoms with Crippen molar-refractivity contribution in [3.8, 4) is 11.8 Å². The molecule has 0 aromatic heterocycles. The van der Waals surface area contributed by atoms with Gasteiger partial charge in [-0.1, -0.05) is 32.1 Å². The first-order valence-corrected chi connectivity index (χ1v) is 10.1. The molecule has 0 spiro atoms. The lowest BCUT2D eigenvalue weighted by Crippen LogP contribution is -2.28. The number of carbonyl (C=O) groups is 1. The summed E-state index contributed by atoms with van der Waals surface area (Å²) in [7, 11) is 0. The van der Waals surface area contributed by atoms with Crippen LogP contribution in [0.4, 0.5) is 0 Å². The van der Waals surface area contributed by atoms with Crippen LogP contribution in [-0.4, -0.2) is 36.5 Å². The molecular weight excluding hydrogens is 316 g/mol. The predicted octanol–water partition coefficient (Wildman–Crippen LogP) is 4.42. The van der Waals surface area contributed by atoms with Gasteiger partial charge in [-0.2, -0.15) is 0 Å². The lowest BCUT2D eigenvalue weighted by molar-refractivity contribution is -0.137. The molecule has 2 saturated heterocycles. The summed E-state index contributed by atoms with van der Waals surface area (Å²) in [6.45, 7) is 3.47. The molecule has 0 aliphatic carbocycles. The number of fused-ring (bicyclic) bond motifs is 2. The van der Waals surface area contributed by atoms with Gasteiger partial charge in [-0.15, -0.1) is 5.92 Å². The van der Waals surface area contributed by atoms with E-state index in [1.165, 1.54) is 25.7 Å². The number of hydrogen-bond acceptors (Lipinski definition) is 3. The maximum absolute atomic E-state index is 10.5. The van der Waals surface area contributed by atoms with E-state index in [2.05, 4.69) is 18.8 Å². The number of rotatable bonds is 12. The van der Waals surface area contributed by atoms with Gasteiger partial charge >= 0.3 is 5.97 Å². The zero-order valence-electron chi connectivity index (χ0n) is 15.7. The molecule has 0 saturated carbocycles. The molecule has 2 heterocycles. The minimum atomic E-state index is -0.680. The lowest BCUT2D eigenvalue weighted by atomic mass is 9.75. The zero-order valence-corrected chi connectivity index (χ0v) is 15.7. The van der Waals surface area contributed by atoms with Gasteiger partial charge in [0.15, 0.2) is 0 Å². The number of unbranched alkanes of at least 4 members (excludes halogenated alkanes) is 4. The Bertz CT molecular complexity index is 451. The Morgan fingerprint density at radius 2 is 1.80 bits per heavy atom. The molecule has 4 nitrogen and oxygen atoms in total. The second-order valence-corrected chi connectivity index (χ2v) is 7.41. The van der Waals surface area contributed by atoms with E-state index in [1.54, 1.807) is 0 Å². The number of ether oxygens (including phenoxy) is 2. The molecule has 1 N–H and O–H groups in total. The molecule has 2 bridgehead atoms. The van der Waals surface area contributed by atoms with E-state index in [4.69, 9.17) is 14.6 Å². The van der Waals surface area contributed by atoms with E-state index >= 15 is 0 Å². The van der Waals surface area contributed by atoms with Crippen LogP contribution in [0.25, 0.3) is 0 Å². The normalized spacial score (nSPS) is 27.2. The van der Waals surface area contributed by atoms with Crippen molar-refractivity contribution in [3.05, 3.63) is 0 Å². The van der Waals surface area contributed by atoms with Gasteiger partial charge in [0.1, 0.15) is 6.61 Å². The first-order valence-electron chi connectivity index (χ1n) is 10.1. The summed E-state index contributed by atoms with van der Waals surface area (Å²) in [5.41, 5.74) is 0. The van der Waals surface area contributed by atoms with Crippen molar-refractivity contribution >= 4 is 5.97 Å². The Labute approximate surface area is 152 Å². The standard InChI is InChI=1S/C21H34O4/c1-2-3-4-9-15-24-16-14-18-17(19-12-13-20(18)25-19)10-7-5-6-8-11-21(22)23/h17-20H,2-3,5-8,10-16H2,1H3,(H,22,23)/t17-,18+,19-,20+/m0/s1. The topological polar surface area (TPSA) is 55.8 Å². The molecule has 0 radical (unpaired) electrons. The summed E-state index contributed by atoms with van der Waals surface area (Å²) in [5, 5.41) is 8.68. The summed E-state index contributed by atoms with van der Waals surface area (Å²) in [4.78, 5) is 10.5. The van der Waals surface area contributed by atoms with Gasteiger partial charge in [0, 0.05) is 19.4 Å². The Morgan fingerprint density at radius 3 is 2.52 bits per heavy atom. The van der Waals surface area contributed by atoms with Crippen LogP contribution in [0.1, 0.15) is 77.6 Å². The van der Waals surface area contributed by atoms with Gasteiger partial charge in [0.05, 0.1) is 12.2 Å². The lowest BCUT2D eigenvalue weighted by Gasteiger charge is -2.28. The van der Waals surface area contributed by atoms with Crippen LogP contribution in [0, 0.1) is 23.7 Å². The molecule has 4 atom stereocenters. The van der Waals surface area contributed by atoms with Gasteiger partial charge in [-0.05, 0) is 50.4 Å². The van der Waals surface area contributed by atoms with Crippen LogP contribution >= 0.6 is 0 Å². The molecule has 0 aromatic carbocycles. The molecule has 0 aromatic rings. The van der Waals surface area contributed by atoms with Crippen LogP contribution in [-0.2, 0) is 14.3 Å². The first kappa shape index (κ1) is 20.3. The van der Waals surface area contributed by atoms with Crippen LogP contribution in [0.5, 0.6) is 0 Å². The predicted molar refractivity (Wildman–Crippen MR) is 98.3 cm³/mol. The van der Waals surface area contributed by atoms with E-state index in [0.717, 1.165) is 45.1 Å². The molecule has 4 heteroatoms. The summed E-state index contributed by atoms with van der Waals surface area (Å²) in [5.74, 6) is 6.82. The molecule has 2 aliphatic rings. The molecule has 0 amide bonds. The molecular formula is C21H34O4. The average molecular weight is 350 g/mol. The molecule has 2 fully saturated rings. The highest BCUT2D eigenvalue weighted by Gasteiger charge is 2.47. The quantitative estimate of drug-likeness (QED) is 0.418. The molecule has 142 valence electrons. The third-order valence-electron chi connectivity index (χ3n) is 5.54. The summed E-state index contributed by atoms with van der Waals surface area (Å²) in [6, 6.07) is 0. The highest BCUT2D eigenvalue weighted by atomic mass is 16.5. The Balaban J connectivity index is 1.61. The molecule has 2 aliphatic heterocycles. The Hall–Kier alpha value is -1.05. The second-order valence-electron chi connectivity index (χ2n) is 7.41. The van der Waals surface area contributed by atoms with Gasteiger partial charge < -0.3 is 14.6 Å². The largest absolute Gasteiger partial charge is 0.481 e. The van der Waals surface area contributed by atoms with Gasteiger partial charge in [-0.3, -0.25) is 4.79 Å². The highest BCUT2D eigenvalue weighted by Crippen LogP contribution is 2.47. The summed E-state index contributed by atoms with van der Waals surface area (Å²) >= 11 is 0. The van der Waals surface area contributed by atoms with Crippen LogP contribution in [0.3, 0.4) is 0 Å². The Kier molecular flexibility index (Phi) is 9.36. The molecule has 2 rings (SSSR count). The van der Waals surface area contributed by atoms with Crippen LogP contribution in [0.15, 0.2) is 0 Å². The summed E-state index contributed by atoms with van der Waals surface area (Å²) < 4.78 is 11.8. The van der Waals surface area contributed by atoms with Crippen molar-refractivity contribution in [2.24, 2.45) is 11.8 Å². The van der Waals surface area contributed by atoms with Crippen molar-refractivity contribution in [2.75, 3.05) is 13.2 Å². The van der Waals surface area contributed by atoms with Gasteiger partial charge in [0.2, 0.25) is 0 Å². The summed E-state index contributed by atoms with van der Waals surface area (Å²) in [6.07, 6.45) is 12.1. The van der Waals surface area contributed by atoms with E-state index in [1.807, 2.05) is 0 Å². The third kappa shape index (κ3) is 6.99. The fourth-order valence-electron chi connectivity index (χ4n) is 4.29. The smallest absolute Gasteiger partial charge is 0.303 e. The van der Waals surface area contributed by atoms with Crippen molar-refractivity contribution in [1.82, 2.24) is 0 Å². The van der Waals surface area contributed by atoms with E-state index in [0.29, 0.717) is 37.1 Å². The average Bonchev–Trinajstić information content (AvgIpc) is 3.19. The van der Waals surface area contributed by atoms with Crippen molar-refractivity contribution in [3.63, 3.8) is 0 Å². The third-order valence-corrected chi connectivity index (χ3v) is 5.54. The van der Waals surface area contributed by atoms with Gasteiger partial charge in [-0.25, -0.2) is 0 Å². The number of aliphatic carboxylic acids is 1.